The number of primary amides is 1. The number of amides is 2. The number of aromatic nitrogens is 2. The van der Waals surface area contributed by atoms with Gasteiger partial charge in [0.25, 0.3) is 11.8 Å². The number of halogens is 1. The van der Waals surface area contributed by atoms with Crippen LogP contribution in [-0.4, -0.2) is 35.6 Å². The zero-order chi connectivity index (χ0) is 25.8. The van der Waals surface area contributed by atoms with E-state index in [1.54, 1.807) is 37.1 Å². The highest BCUT2D eigenvalue weighted by Gasteiger charge is 2.20. The summed E-state index contributed by atoms with van der Waals surface area (Å²) in [5.41, 5.74) is 7.88. The second kappa shape index (κ2) is 10.2. The maximum absolute atomic E-state index is 15.0. The van der Waals surface area contributed by atoms with E-state index in [-0.39, 0.29) is 17.0 Å². The Morgan fingerprint density at radius 1 is 1.06 bits per heavy atom. The molecule has 0 fully saturated rings. The van der Waals surface area contributed by atoms with Crippen LogP contribution in [-0.2, 0) is 9.59 Å². The zero-order valence-corrected chi connectivity index (χ0v) is 19.8. The first-order chi connectivity index (χ1) is 17.3. The number of carbonyl (C=O) groups excluding carboxylic acids is 2. The number of hydrogen-bond donors (Lipinski definition) is 3. The second-order valence-corrected chi connectivity index (χ2v) is 7.76. The molecule has 4 aromatic rings. The molecular formula is C26H24FN5O4. The van der Waals surface area contributed by atoms with Crippen LogP contribution in [0.1, 0.15) is 6.92 Å². The van der Waals surface area contributed by atoms with Gasteiger partial charge in [-0.3, -0.25) is 9.59 Å². The molecule has 2 amide bonds. The third kappa shape index (κ3) is 4.83. The molecule has 0 spiro atoms. The van der Waals surface area contributed by atoms with E-state index in [0.29, 0.717) is 17.0 Å². The van der Waals surface area contributed by atoms with Crippen LogP contribution in [0.2, 0.25) is 0 Å². The SMILES string of the molecule is CN/C(C)=C(\C(N)=O)C(=O)Nc1ccc(Oc2ccnn3ccc(-c4ccc(OC)cc4)c23)c(F)c1. The van der Waals surface area contributed by atoms with Crippen LogP contribution in [0.25, 0.3) is 16.6 Å². The normalized spacial score (nSPS) is 11.6. The summed E-state index contributed by atoms with van der Waals surface area (Å²) in [7, 11) is 3.15. The van der Waals surface area contributed by atoms with E-state index < -0.39 is 17.6 Å². The summed E-state index contributed by atoms with van der Waals surface area (Å²) >= 11 is 0. The highest BCUT2D eigenvalue weighted by Crippen LogP contribution is 2.36. The number of rotatable bonds is 8. The molecule has 36 heavy (non-hydrogen) atoms. The van der Waals surface area contributed by atoms with Gasteiger partial charge in [0.2, 0.25) is 0 Å². The fourth-order valence-corrected chi connectivity index (χ4v) is 3.67. The van der Waals surface area contributed by atoms with Gasteiger partial charge in [0.15, 0.2) is 17.3 Å². The van der Waals surface area contributed by atoms with Gasteiger partial charge in [-0.1, -0.05) is 12.1 Å². The van der Waals surface area contributed by atoms with Crippen LogP contribution in [0.4, 0.5) is 10.1 Å². The smallest absolute Gasteiger partial charge is 0.263 e. The molecule has 0 bridgehead atoms. The van der Waals surface area contributed by atoms with Gasteiger partial charge in [-0.15, -0.1) is 0 Å². The summed E-state index contributed by atoms with van der Waals surface area (Å²) in [5, 5.41) is 9.49. The van der Waals surface area contributed by atoms with Gasteiger partial charge in [0.05, 0.1) is 13.3 Å². The molecule has 2 aromatic carbocycles. The highest BCUT2D eigenvalue weighted by atomic mass is 19.1. The Kier molecular flexibility index (Phi) is 6.86. The van der Waals surface area contributed by atoms with Crippen molar-refractivity contribution in [3.63, 3.8) is 0 Å². The van der Waals surface area contributed by atoms with Gasteiger partial charge in [0, 0.05) is 42.3 Å². The Balaban J connectivity index is 1.62. The summed E-state index contributed by atoms with van der Waals surface area (Å²) < 4.78 is 27.8. The molecule has 9 nitrogen and oxygen atoms in total. The predicted molar refractivity (Wildman–Crippen MR) is 133 cm³/mol. The largest absolute Gasteiger partial charge is 0.497 e. The number of nitrogens with zero attached hydrogens (tertiary/aromatic N) is 2. The van der Waals surface area contributed by atoms with Crippen molar-refractivity contribution in [1.29, 1.82) is 0 Å². The van der Waals surface area contributed by atoms with Crippen molar-refractivity contribution < 1.29 is 23.5 Å². The monoisotopic (exact) mass is 489 g/mol. The van der Waals surface area contributed by atoms with E-state index in [9.17, 15) is 14.0 Å². The Bertz CT molecular complexity index is 1480. The lowest BCUT2D eigenvalue weighted by Crippen LogP contribution is -2.29. The van der Waals surface area contributed by atoms with Crippen molar-refractivity contribution >= 4 is 23.0 Å². The van der Waals surface area contributed by atoms with E-state index in [2.05, 4.69) is 15.7 Å². The molecule has 0 radical (unpaired) electrons. The number of hydrogen-bond acceptors (Lipinski definition) is 6. The number of allylic oxidation sites excluding steroid dienone is 1. The lowest BCUT2D eigenvalue weighted by molar-refractivity contribution is -0.119. The van der Waals surface area contributed by atoms with Crippen LogP contribution in [0, 0.1) is 5.82 Å². The Morgan fingerprint density at radius 3 is 2.44 bits per heavy atom. The van der Waals surface area contributed by atoms with Gasteiger partial charge in [-0.2, -0.15) is 5.10 Å². The maximum Gasteiger partial charge on any atom is 0.263 e. The number of benzene rings is 2. The molecule has 0 aliphatic heterocycles. The fraction of sp³-hybridized carbons (Fsp3) is 0.115. The molecule has 0 saturated carbocycles. The summed E-state index contributed by atoms with van der Waals surface area (Å²) in [5.74, 6) is -1.31. The molecule has 2 heterocycles. The molecule has 0 saturated heterocycles. The van der Waals surface area contributed by atoms with E-state index >= 15 is 0 Å². The molecule has 0 atom stereocenters. The first kappa shape index (κ1) is 24.3. The molecule has 0 unspecified atom stereocenters. The van der Waals surface area contributed by atoms with Gasteiger partial charge in [0.1, 0.15) is 16.8 Å². The van der Waals surface area contributed by atoms with Crippen LogP contribution >= 0.6 is 0 Å². The molecule has 184 valence electrons. The number of fused-ring (bicyclic) bond motifs is 1. The topological polar surface area (TPSA) is 120 Å². The molecule has 10 heteroatoms. The first-order valence-corrected chi connectivity index (χ1v) is 10.9. The minimum Gasteiger partial charge on any atom is -0.497 e. The van der Waals surface area contributed by atoms with Crippen molar-refractivity contribution in [1.82, 2.24) is 14.9 Å². The standard InChI is InChI=1S/C26H24FN5O4/c1-15(29-2)23(25(28)33)26(34)31-17-6-9-21(20(27)14-17)36-22-10-12-30-32-13-11-19(24(22)32)16-4-7-18(35-3)8-5-16/h4-14,29H,1-3H3,(H2,28,33)(H,31,34)/b23-15+. The van der Waals surface area contributed by atoms with E-state index in [0.717, 1.165) is 22.9 Å². The molecule has 0 aliphatic carbocycles. The number of nitrogens with one attached hydrogen (secondary N) is 2. The van der Waals surface area contributed by atoms with Crippen LogP contribution < -0.4 is 25.8 Å². The fourth-order valence-electron chi connectivity index (χ4n) is 3.67. The number of carbonyl (C=O) groups is 2. The molecule has 0 aliphatic rings. The summed E-state index contributed by atoms with van der Waals surface area (Å²) in [6, 6.07) is 15.0. The van der Waals surface area contributed by atoms with Crippen molar-refractivity contribution in [2.24, 2.45) is 5.73 Å². The molecule has 4 N–H and O–H groups in total. The van der Waals surface area contributed by atoms with E-state index in [1.807, 2.05) is 30.3 Å². The quantitative estimate of drug-likeness (QED) is 0.196. The van der Waals surface area contributed by atoms with Gasteiger partial charge in [-0.05, 0) is 42.8 Å². The Morgan fingerprint density at radius 2 is 1.81 bits per heavy atom. The van der Waals surface area contributed by atoms with Gasteiger partial charge in [-0.25, -0.2) is 8.91 Å². The van der Waals surface area contributed by atoms with Gasteiger partial charge < -0.3 is 25.8 Å². The average molecular weight is 490 g/mol. The average Bonchev–Trinajstić information content (AvgIpc) is 3.30. The lowest BCUT2D eigenvalue weighted by Gasteiger charge is -2.13. The summed E-state index contributed by atoms with van der Waals surface area (Å²) in [4.78, 5) is 24.1. The van der Waals surface area contributed by atoms with Crippen molar-refractivity contribution in [2.45, 2.75) is 6.92 Å². The van der Waals surface area contributed by atoms with Crippen molar-refractivity contribution in [3.8, 4) is 28.4 Å². The maximum atomic E-state index is 15.0. The van der Waals surface area contributed by atoms with Crippen LogP contribution in [0.3, 0.4) is 0 Å². The third-order valence-corrected chi connectivity index (χ3v) is 5.55. The number of anilines is 1. The molecule has 4 rings (SSSR count). The minimum atomic E-state index is -0.902. The summed E-state index contributed by atoms with van der Waals surface area (Å²) in [6.45, 7) is 1.54. The van der Waals surface area contributed by atoms with Gasteiger partial charge >= 0.3 is 0 Å². The lowest BCUT2D eigenvalue weighted by atomic mass is 10.1. The highest BCUT2D eigenvalue weighted by molar-refractivity contribution is 6.22. The second-order valence-electron chi connectivity index (χ2n) is 7.76. The van der Waals surface area contributed by atoms with Crippen LogP contribution in [0.15, 0.2) is 78.3 Å². The Labute approximate surface area is 206 Å². The van der Waals surface area contributed by atoms with Crippen molar-refractivity contribution in [3.05, 3.63) is 84.1 Å². The third-order valence-electron chi connectivity index (χ3n) is 5.55. The zero-order valence-electron chi connectivity index (χ0n) is 19.8. The number of nitrogens with two attached hydrogens (primary N) is 1. The Hall–Kier alpha value is -4.86. The summed E-state index contributed by atoms with van der Waals surface area (Å²) in [6.07, 6.45) is 3.34. The predicted octanol–water partition coefficient (Wildman–Crippen LogP) is 3.86. The molecule has 2 aromatic heterocycles. The molecular weight excluding hydrogens is 465 g/mol. The van der Waals surface area contributed by atoms with Crippen LogP contribution in [0.5, 0.6) is 17.2 Å². The van der Waals surface area contributed by atoms with Crippen molar-refractivity contribution in [2.75, 3.05) is 19.5 Å². The van der Waals surface area contributed by atoms with E-state index in [1.165, 1.54) is 19.1 Å². The minimum absolute atomic E-state index is 0.0555. The number of ether oxygens (including phenoxy) is 2. The van der Waals surface area contributed by atoms with E-state index in [4.69, 9.17) is 15.2 Å². The first-order valence-electron chi connectivity index (χ1n) is 10.9. The number of methoxy groups -OCH3 is 1.